The molecule has 37 heavy (non-hydrogen) atoms. The van der Waals surface area contributed by atoms with Crippen LogP contribution in [-0.2, 0) is 30.1 Å². The van der Waals surface area contributed by atoms with Crippen LogP contribution in [0.25, 0.3) is 0 Å². The van der Waals surface area contributed by atoms with E-state index in [0.29, 0.717) is 19.6 Å². The van der Waals surface area contributed by atoms with Crippen molar-refractivity contribution in [1.29, 1.82) is 0 Å². The molecule has 0 heterocycles. The van der Waals surface area contributed by atoms with Crippen molar-refractivity contribution in [1.82, 2.24) is 0 Å². The molecule has 0 amide bonds. The average molecular weight is 537 g/mol. The van der Waals surface area contributed by atoms with Crippen molar-refractivity contribution in [3.63, 3.8) is 0 Å². The number of aliphatic hydroxyl groups excluding tert-OH is 1. The van der Waals surface area contributed by atoms with E-state index in [1.54, 1.807) is 34.6 Å². The van der Waals surface area contributed by atoms with E-state index >= 15 is 0 Å². The summed E-state index contributed by atoms with van der Waals surface area (Å²) in [6.45, 7) is 22.7. The maximum absolute atomic E-state index is 13.1. The zero-order chi connectivity index (χ0) is 28.7. The minimum absolute atomic E-state index is 0.00177. The molecule has 0 aliphatic carbocycles. The van der Waals surface area contributed by atoms with Crippen molar-refractivity contribution in [3.05, 3.63) is 35.9 Å². The number of ketones is 1. The summed E-state index contributed by atoms with van der Waals surface area (Å²) < 4.78 is 18.0. The number of Topliss-reactive ketones (excluding diaryl/α,β-unsaturated/α-hetero) is 1. The van der Waals surface area contributed by atoms with Crippen LogP contribution in [0.2, 0.25) is 18.1 Å². The van der Waals surface area contributed by atoms with E-state index < -0.39 is 31.4 Å². The lowest BCUT2D eigenvalue weighted by molar-refractivity contribution is -0.159. The summed E-state index contributed by atoms with van der Waals surface area (Å²) in [5.41, 5.74) is -0.668. The molecule has 0 unspecified atom stereocenters. The zero-order valence-electron chi connectivity index (χ0n) is 25.1. The number of carbonyl (C=O) groups excluding carboxylic acids is 2. The van der Waals surface area contributed by atoms with Gasteiger partial charge in [-0.15, -0.1) is 0 Å². The summed E-state index contributed by atoms with van der Waals surface area (Å²) in [6.07, 6.45) is -0.118. The quantitative estimate of drug-likeness (QED) is 0.123. The number of hydrogen-bond acceptors (Lipinski definition) is 6. The lowest BCUT2D eigenvalue weighted by Crippen LogP contribution is -2.50. The molecule has 0 fully saturated rings. The van der Waals surface area contributed by atoms with E-state index in [1.165, 1.54) is 0 Å². The maximum Gasteiger partial charge on any atom is 0.313 e. The molecule has 1 aromatic carbocycles. The Morgan fingerprint density at radius 1 is 0.973 bits per heavy atom. The van der Waals surface area contributed by atoms with E-state index in [-0.39, 0.29) is 29.3 Å². The first-order chi connectivity index (χ1) is 16.8. The predicted octanol–water partition coefficient (Wildman–Crippen LogP) is 6.70. The first-order valence-corrected chi connectivity index (χ1v) is 16.4. The Labute approximate surface area is 226 Å². The van der Waals surface area contributed by atoms with E-state index in [2.05, 4.69) is 33.9 Å². The van der Waals surface area contributed by atoms with Crippen LogP contribution in [0.5, 0.6) is 0 Å². The number of hydrogen-bond donors (Lipinski definition) is 1. The van der Waals surface area contributed by atoms with Crippen molar-refractivity contribution < 1.29 is 28.6 Å². The molecule has 0 aliphatic heterocycles. The van der Waals surface area contributed by atoms with Crippen LogP contribution >= 0.6 is 0 Å². The summed E-state index contributed by atoms with van der Waals surface area (Å²) in [7, 11) is -2.15. The Bertz CT molecular complexity index is 851. The van der Waals surface area contributed by atoms with Crippen LogP contribution in [0, 0.1) is 11.3 Å². The molecule has 0 bridgehead atoms. The van der Waals surface area contributed by atoms with Gasteiger partial charge in [-0.3, -0.25) is 9.59 Å². The molecule has 0 saturated carbocycles. The first-order valence-electron chi connectivity index (χ1n) is 13.5. The summed E-state index contributed by atoms with van der Waals surface area (Å²) >= 11 is 0. The zero-order valence-corrected chi connectivity index (χ0v) is 26.1. The average Bonchev–Trinajstić information content (AvgIpc) is 2.75. The summed E-state index contributed by atoms with van der Waals surface area (Å²) in [5, 5.41) is 11.4. The number of carbonyl (C=O) groups is 2. The number of ether oxygens (including phenoxy) is 2. The highest BCUT2D eigenvalue weighted by Gasteiger charge is 2.45. The van der Waals surface area contributed by atoms with Gasteiger partial charge in [0.1, 0.15) is 12.0 Å². The standard InChI is InChI=1S/C30H52O6Si/c1-22(27(33)30(8,9)25(31)20-26(32)35-28(2,3)4)24(36-37(10,11)29(5,6)7)18-15-19-34-21-23-16-13-12-14-17-23/h12-14,16-17,22,24,27,33H,15,18-21H2,1-11H3/t22-,24+,27+/m1/s1. The van der Waals surface area contributed by atoms with E-state index in [1.807, 2.05) is 37.3 Å². The topological polar surface area (TPSA) is 82.1 Å². The molecule has 3 atom stereocenters. The van der Waals surface area contributed by atoms with E-state index in [4.69, 9.17) is 13.9 Å². The van der Waals surface area contributed by atoms with Crippen molar-refractivity contribution in [2.75, 3.05) is 6.61 Å². The first kappa shape index (κ1) is 33.5. The van der Waals surface area contributed by atoms with Crippen LogP contribution in [-0.4, -0.2) is 49.6 Å². The predicted molar refractivity (Wildman–Crippen MR) is 152 cm³/mol. The molecule has 6 nitrogen and oxygen atoms in total. The second-order valence-electron chi connectivity index (χ2n) is 13.3. The van der Waals surface area contributed by atoms with Crippen molar-refractivity contribution >= 4 is 20.1 Å². The Kier molecular flexibility index (Phi) is 12.2. The van der Waals surface area contributed by atoms with Gasteiger partial charge in [0.2, 0.25) is 0 Å². The summed E-state index contributed by atoms with van der Waals surface area (Å²) in [5.74, 6) is -1.23. The molecule has 7 heteroatoms. The molecule has 0 saturated heterocycles. The fraction of sp³-hybridized carbons (Fsp3) is 0.733. The highest BCUT2D eigenvalue weighted by Crippen LogP contribution is 2.40. The van der Waals surface area contributed by atoms with Crippen molar-refractivity contribution in [3.8, 4) is 0 Å². The SMILES string of the molecule is C[C@H]([C@H](CCCOCc1ccccc1)O[Si](C)(C)C(C)(C)C)[C@H](O)C(C)(C)C(=O)CC(=O)OC(C)(C)C. The Morgan fingerprint density at radius 2 is 1.54 bits per heavy atom. The van der Waals surface area contributed by atoms with Crippen LogP contribution < -0.4 is 0 Å². The number of esters is 1. The van der Waals surface area contributed by atoms with Crippen LogP contribution in [0.4, 0.5) is 0 Å². The van der Waals surface area contributed by atoms with Gasteiger partial charge in [-0.2, -0.15) is 0 Å². The van der Waals surface area contributed by atoms with Crippen LogP contribution in [0.15, 0.2) is 30.3 Å². The van der Waals surface area contributed by atoms with Crippen LogP contribution in [0.3, 0.4) is 0 Å². The third kappa shape index (κ3) is 11.0. The van der Waals surface area contributed by atoms with Gasteiger partial charge in [-0.05, 0) is 57.3 Å². The highest BCUT2D eigenvalue weighted by molar-refractivity contribution is 6.74. The molecular formula is C30H52O6Si. The lowest BCUT2D eigenvalue weighted by Gasteiger charge is -2.43. The molecule has 1 rings (SSSR count). The van der Waals surface area contributed by atoms with E-state index in [9.17, 15) is 14.7 Å². The fourth-order valence-corrected chi connectivity index (χ4v) is 5.34. The minimum Gasteiger partial charge on any atom is -0.460 e. The molecule has 1 N–H and O–H groups in total. The monoisotopic (exact) mass is 536 g/mol. The van der Waals surface area contributed by atoms with Crippen LogP contribution in [0.1, 0.15) is 87.1 Å². The maximum atomic E-state index is 13.1. The minimum atomic E-state index is -2.15. The molecular weight excluding hydrogens is 484 g/mol. The number of rotatable bonds is 14. The lowest BCUT2D eigenvalue weighted by atomic mass is 9.74. The van der Waals surface area contributed by atoms with Crippen molar-refractivity contribution in [2.45, 2.75) is 124 Å². The van der Waals surface area contributed by atoms with Gasteiger partial charge in [0, 0.05) is 12.5 Å². The van der Waals surface area contributed by atoms with Gasteiger partial charge in [-0.25, -0.2) is 0 Å². The second-order valence-corrected chi connectivity index (χ2v) is 18.1. The highest BCUT2D eigenvalue weighted by atomic mass is 28.4. The summed E-state index contributed by atoms with van der Waals surface area (Å²) in [4.78, 5) is 25.4. The summed E-state index contributed by atoms with van der Waals surface area (Å²) in [6, 6.07) is 10.1. The normalized spacial score (nSPS) is 15.7. The molecule has 0 aromatic heterocycles. The largest absolute Gasteiger partial charge is 0.460 e. The smallest absolute Gasteiger partial charge is 0.313 e. The Morgan fingerprint density at radius 3 is 2.05 bits per heavy atom. The Balaban J connectivity index is 2.93. The van der Waals surface area contributed by atoms with Gasteiger partial charge in [0.15, 0.2) is 14.1 Å². The third-order valence-corrected chi connectivity index (χ3v) is 11.9. The number of aliphatic hydroxyl groups is 1. The van der Waals surface area contributed by atoms with Crippen molar-refractivity contribution in [2.24, 2.45) is 11.3 Å². The van der Waals surface area contributed by atoms with Gasteiger partial charge >= 0.3 is 5.97 Å². The Hall–Kier alpha value is -1.54. The third-order valence-electron chi connectivity index (χ3n) is 7.41. The van der Waals surface area contributed by atoms with Gasteiger partial charge < -0.3 is 19.0 Å². The van der Waals surface area contributed by atoms with Gasteiger partial charge in [-0.1, -0.05) is 71.9 Å². The molecule has 212 valence electrons. The molecule has 0 aliphatic rings. The fourth-order valence-electron chi connectivity index (χ4n) is 3.90. The van der Waals surface area contributed by atoms with E-state index in [0.717, 1.165) is 12.0 Å². The molecule has 0 spiro atoms. The van der Waals surface area contributed by atoms with Gasteiger partial charge in [0.25, 0.3) is 0 Å². The molecule has 0 radical (unpaired) electrons. The van der Waals surface area contributed by atoms with Gasteiger partial charge in [0.05, 0.1) is 24.2 Å². The number of benzene rings is 1. The second kappa shape index (κ2) is 13.5. The molecule has 1 aromatic rings.